The summed E-state index contributed by atoms with van der Waals surface area (Å²) in [6.45, 7) is 0. The van der Waals surface area contributed by atoms with E-state index in [2.05, 4.69) is 186 Å². The third-order valence-electron chi connectivity index (χ3n) is 13.4. The van der Waals surface area contributed by atoms with E-state index in [4.69, 9.17) is 0 Å². The van der Waals surface area contributed by atoms with Crippen LogP contribution < -0.4 is 9.80 Å². The Bertz CT molecular complexity index is 2460. The van der Waals surface area contributed by atoms with E-state index in [1.54, 1.807) is 5.56 Å². The minimum absolute atomic E-state index is 0.368. The lowest BCUT2D eigenvalue weighted by molar-refractivity contribution is -0.00518. The van der Waals surface area contributed by atoms with Gasteiger partial charge in [0.25, 0.3) is 0 Å². The second-order valence-corrected chi connectivity index (χ2v) is 16.8. The van der Waals surface area contributed by atoms with Crippen LogP contribution in [0.2, 0.25) is 0 Å². The third kappa shape index (κ3) is 5.70. The zero-order valence-electron chi connectivity index (χ0n) is 31.3. The van der Waals surface area contributed by atoms with Crippen LogP contribution in [0.5, 0.6) is 0 Å². The van der Waals surface area contributed by atoms with Crippen molar-refractivity contribution < 1.29 is 0 Å². The first-order valence-corrected chi connectivity index (χ1v) is 20.4. The highest BCUT2D eigenvalue weighted by Crippen LogP contribution is 2.61. The van der Waals surface area contributed by atoms with Crippen molar-refractivity contribution in [1.29, 1.82) is 0 Å². The van der Waals surface area contributed by atoms with E-state index in [9.17, 15) is 0 Å². The normalized spacial score (nSPS) is 21.6. The van der Waals surface area contributed by atoms with E-state index in [-0.39, 0.29) is 0 Å². The van der Waals surface area contributed by atoms with Gasteiger partial charge >= 0.3 is 0 Å². The summed E-state index contributed by atoms with van der Waals surface area (Å²) in [5, 5.41) is 0. The molecule has 7 aromatic rings. The van der Waals surface area contributed by atoms with Crippen LogP contribution in [0.3, 0.4) is 0 Å². The van der Waals surface area contributed by atoms with Crippen LogP contribution in [-0.4, -0.2) is 0 Å². The van der Waals surface area contributed by atoms with Gasteiger partial charge in [-0.15, -0.1) is 0 Å². The number of hydrogen-bond acceptors (Lipinski definition) is 2. The number of fused-ring (bicyclic) bond motifs is 3. The quantitative estimate of drug-likeness (QED) is 0.155. The first-order chi connectivity index (χ1) is 27.2. The number of nitrogens with zero attached hydrogens (tertiary/aromatic N) is 2. The van der Waals surface area contributed by atoms with E-state index in [0.29, 0.717) is 5.41 Å². The molecule has 2 nitrogen and oxygen atoms in total. The minimum atomic E-state index is 0.368. The molecule has 2 heteroatoms. The maximum absolute atomic E-state index is 2.49. The van der Waals surface area contributed by atoms with Crippen LogP contribution in [-0.2, 0) is 11.8 Å². The lowest BCUT2D eigenvalue weighted by Gasteiger charge is -2.57. The molecule has 4 bridgehead atoms. The highest BCUT2D eigenvalue weighted by molar-refractivity contribution is 5.90. The van der Waals surface area contributed by atoms with Crippen molar-refractivity contribution in [3.8, 4) is 22.3 Å². The number of anilines is 6. The van der Waals surface area contributed by atoms with Crippen molar-refractivity contribution in [1.82, 2.24) is 0 Å². The molecule has 7 aromatic carbocycles. The minimum Gasteiger partial charge on any atom is -0.310 e. The van der Waals surface area contributed by atoms with E-state index >= 15 is 0 Å². The van der Waals surface area contributed by atoms with E-state index in [1.807, 2.05) is 0 Å². The highest BCUT2D eigenvalue weighted by atomic mass is 15.2. The Kier molecular flexibility index (Phi) is 7.79. The van der Waals surface area contributed by atoms with E-state index in [0.717, 1.165) is 46.9 Å². The molecular weight excluding hydrogens is 665 g/mol. The SMILES string of the molecule is c1ccc(-c2ccccc2N(c2ccc(C34CC5CC(CC(C5)C3)C4)cc2)c2cccc(N(c3ccccc3)c3ccc4c(c3)-c3ccccc3C4)c2)cc1. The van der Waals surface area contributed by atoms with Gasteiger partial charge in [0, 0.05) is 34.0 Å². The van der Waals surface area contributed by atoms with E-state index in [1.165, 1.54) is 83.3 Å². The predicted molar refractivity (Wildman–Crippen MR) is 229 cm³/mol. The fourth-order valence-electron chi connectivity index (χ4n) is 11.4. The summed E-state index contributed by atoms with van der Waals surface area (Å²) in [5.41, 5.74) is 16.8. The topological polar surface area (TPSA) is 6.48 Å². The molecule has 12 rings (SSSR count). The molecule has 5 aliphatic rings. The van der Waals surface area contributed by atoms with Crippen LogP contribution in [0, 0.1) is 17.8 Å². The van der Waals surface area contributed by atoms with Crippen molar-refractivity contribution >= 4 is 34.1 Å². The van der Waals surface area contributed by atoms with Crippen LogP contribution >= 0.6 is 0 Å². The maximum Gasteiger partial charge on any atom is 0.0540 e. The van der Waals surface area contributed by atoms with Gasteiger partial charge in [-0.1, -0.05) is 115 Å². The summed E-state index contributed by atoms with van der Waals surface area (Å²) in [5.74, 6) is 2.78. The molecule has 5 aliphatic carbocycles. The number of benzene rings is 7. The summed E-state index contributed by atoms with van der Waals surface area (Å²) in [7, 11) is 0. The highest BCUT2D eigenvalue weighted by Gasteiger charge is 2.51. The lowest BCUT2D eigenvalue weighted by Crippen LogP contribution is -2.48. The molecule has 0 N–H and O–H groups in total. The van der Waals surface area contributed by atoms with Crippen molar-refractivity contribution in [3.63, 3.8) is 0 Å². The number of para-hydroxylation sites is 2. The third-order valence-corrected chi connectivity index (χ3v) is 13.4. The average molecular weight is 711 g/mol. The molecule has 0 heterocycles. The lowest BCUT2D eigenvalue weighted by atomic mass is 9.48. The summed E-state index contributed by atoms with van der Waals surface area (Å²) in [6, 6.07) is 65.4. The molecule has 0 unspecified atom stereocenters. The van der Waals surface area contributed by atoms with Crippen LogP contribution in [0.25, 0.3) is 22.3 Å². The number of rotatable bonds is 8. The summed E-state index contributed by atoms with van der Waals surface area (Å²) in [6.07, 6.45) is 9.53. The van der Waals surface area contributed by atoms with E-state index < -0.39 is 0 Å². The Morgan fingerprint density at radius 1 is 0.382 bits per heavy atom. The molecule has 0 radical (unpaired) electrons. The van der Waals surface area contributed by atoms with Gasteiger partial charge in [0.05, 0.1) is 5.69 Å². The van der Waals surface area contributed by atoms with Gasteiger partial charge in [0.1, 0.15) is 0 Å². The molecule has 0 aromatic heterocycles. The van der Waals surface area contributed by atoms with Crippen LogP contribution in [0.1, 0.15) is 55.2 Å². The molecule has 268 valence electrons. The molecular formula is C53H46N2. The Labute approximate surface area is 325 Å². The van der Waals surface area contributed by atoms with Gasteiger partial charge in [0.15, 0.2) is 0 Å². The zero-order valence-corrected chi connectivity index (χ0v) is 31.3. The fourth-order valence-corrected chi connectivity index (χ4v) is 11.4. The van der Waals surface area contributed by atoms with Gasteiger partial charge < -0.3 is 9.80 Å². The van der Waals surface area contributed by atoms with Gasteiger partial charge in [0.2, 0.25) is 0 Å². The second-order valence-electron chi connectivity index (χ2n) is 16.8. The average Bonchev–Trinajstić information content (AvgIpc) is 3.60. The van der Waals surface area contributed by atoms with Crippen LogP contribution in [0.4, 0.5) is 34.1 Å². The maximum atomic E-state index is 2.49. The molecule has 4 fully saturated rings. The van der Waals surface area contributed by atoms with Gasteiger partial charge in [-0.3, -0.25) is 0 Å². The molecule has 0 atom stereocenters. The monoisotopic (exact) mass is 710 g/mol. The first kappa shape index (κ1) is 32.6. The van der Waals surface area contributed by atoms with Crippen molar-refractivity contribution in [3.05, 3.63) is 193 Å². The molecule has 0 saturated heterocycles. The molecule has 4 saturated carbocycles. The Hall–Kier alpha value is -5.86. The summed E-state index contributed by atoms with van der Waals surface area (Å²) < 4.78 is 0. The Morgan fingerprint density at radius 2 is 0.909 bits per heavy atom. The van der Waals surface area contributed by atoms with Gasteiger partial charge in [-0.25, -0.2) is 0 Å². The molecule has 0 amide bonds. The van der Waals surface area contributed by atoms with Crippen molar-refractivity contribution in [2.45, 2.75) is 50.4 Å². The standard InChI is InChI=1S/C53H46N2/c1-3-12-40(13-4-1)50-20-9-10-21-52(50)55(45-26-23-43(24-27-45)53-34-37-28-38(35-53)30-39(29-37)36-53)47-18-11-17-46(32-47)54(44-15-5-2-6-16-44)48-25-22-42-31-41-14-7-8-19-49(41)51(42)33-48/h1-27,32-33,37-39H,28-31,34-36H2. The summed E-state index contributed by atoms with van der Waals surface area (Å²) in [4.78, 5) is 4.90. The Morgan fingerprint density at radius 3 is 1.64 bits per heavy atom. The smallest absolute Gasteiger partial charge is 0.0540 e. The second kappa shape index (κ2) is 13.2. The van der Waals surface area contributed by atoms with Crippen molar-refractivity contribution in [2.75, 3.05) is 9.80 Å². The van der Waals surface area contributed by atoms with Crippen molar-refractivity contribution in [2.24, 2.45) is 17.8 Å². The van der Waals surface area contributed by atoms with Crippen LogP contribution in [0.15, 0.2) is 176 Å². The Balaban J connectivity index is 1.04. The molecule has 0 spiro atoms. The largest absolute Gasteiger partial charge is 0.310 e. The molecule has 0 aliphatic heterocycles. The first-order valence-electron chi connectivity index (χ1n) is 20.4. The van der Waals surface area contributed by atoms with Gasteiger partial charge in [-0.05, 0) is 162 Å². The fraction of sp³-hybridized carbons (Fsp3) is 0.208. The summed E-state index contributed by atoms with van der Waals surface area (Å²) >= 11 is 0. The predicted octanol–water partition coefficient (Wildman–Crippen LogP) is 14.3. The molecule has 55 heavy (non-hydrogen) atoms. The zero-order chi connectivity index (χ0) is 36.3. The van der Waals surface area contributed by atoms with Gasteiger partial charge in [-0.2, -0.15) is 0 Å². The number of hydrogen-bond donors (Lipinski definition) is 0.